The van der Waals surface area contributed by atoms with Crippen LogP contribution in [0, 0.1) is 0 Å². The predicted molar refractivity (Wildman–Crippen MR) is 68.5 cm³/mol. The molecule has 2 unspecified atom stereocenters. The van der Waals surface area contributed by atoms with E-state index in [-0.39, 0.29) is 0 Å². The predicted octanol–water partition coefficient (Wildman–Crippen LogP) is 2.41. The van der Waals surface area contributed by atoms with Crippen molar-refractivity contribution in [1.82, 2.24) is 5.32 Å². The second-order valence-electron chi connectivity index (χ2n) is 4.39. The molecule has 0 saturated heterocycles. The summed E-state index contributed by atoms with van der Waals surface area (Å²) in [5, 5.41) is 13.2. The third-order valence-electron chi connectivity index (χ3n) is 2.97. The van der Waals surface area contributed by atoms with Gasteiger partial charge >= 0.3 is 0 Å². The van der Waals surface area contributed by atoms with Crippen LogP contribution in [-0.2, 0) is 0 Å². The van der Waals surface area contributed by atoms with E-state index in [0.29, 0.717) is 6.61 Å². The van der Waals surface area contributed by atoms with Crippen molar-refractivity contribution in [2.24, 2.45) is 0 Å². The lowest BCUT2D eigenvalue weighted by Crippen LogP contribution is -2.35. The highest BCUT2D eigenvalue weighted by molar-refractivity contribution is 7.99. The standard InChI is InChI=1S/C12H25NOS/c1-2-7-13-11-5-3-6-12(10-11)15-9-4-8-14/h11-14H,2-10H2,1H3. The summed E-state index contributed by atoms with van der Waals surface area (Å²) < 4.78 is 0. The van der Waals surface area contributed by atoms with Gasteiger partial charge in [-0.25, -0.2) is 0 Å². The lowest BCUT2D eigenvalue weighted by Gasteiger charge is -2.29. The van der Waals surface area contributed by atoms with Gasteiger partial charge in [0.1, 0.15) is 0 Å². The smallest absolute Gasteiger partial charge is 0.0438 e. The Labute approximate surface area is 98.2 Å². The van der Waals surface area contributed by atoms with Crippen molar-refractivity contribution >= 4 is 11.8 Å². The van der Waals surface area contributed by atoms with E-state index in [9.17, 15) is 0 Å². The van der Waals surface area contributed by atoms with Crippen LogP contribution in [0.2, 0.25) is 0 Å². The number of nitrogens with one attached hydrogen (secondary N) is 1. The molecule has 0 aromatic heterocycles. The second kappa shape index (κ2) is 8.43. The third-order valence-corrected chi connectivity index (χ3v) is 4.39. The van der Waals surface area contributed by atoms with Crippen LogP contribution >= 0.6 is 11.8 Å². The van der Waals surface area contributed by atoms with Gasteiger partial charge in [-0.3, -0.25) is 0 Å². The minimum absolute atomic E-state index is 0.344. The molecule has 90 valence electrons. The number of aliphatic hydroxyl groups is 1. The van der Waals surface area contributed by atoms with E-state index in [1.165, 1.54) is 38.6 Å². The van der Waals surface area contributed by atoms with Gasteiger partial charge in [-0.2, -0.15) is 11.8 Å². The van der Waals surface area contributed by atoms with Gasteiger partial charge < -0.3 is 10.4 Å². The average molecular weight is 231 g/mol. The first-order chi connectivity index (χ1) is 7.36. The molecule has 0 aromatic rings. The summed E-state index contributed by atoms with van der Waals surface area (Å²) in [6.07, 6.45) is 7.62. The minimum Gasteiger partial charge on any atom is -0.396 e. The molecule has 0 aromatic carbocycles. The Morgan fingerprint density at radius 1 is 1.40 bits per heavy atom. The van der Waals surface area contributed by atoms with Gasteiger partial charge in [0, 0.05) is 17.9 Å². The zero-order valence-electron chi connectivity index (χ0n) is 9.87. The fourth-order valence-corrected chi connectivity index (χ4v) is 3.48. The van der Waals surface area contributed by atoms with E-state index in [2.05, 4.69) is 24.0 Å². The quantitative estimate of drug-likeness (QED) is 0.660. The molecule has 0 bridgehead atoms. The van der Waals surface area contributed by atoms with Crippen LogP contribution in [0.15, 0.2) is 0 Å². The molecular formula is C12H25NOS. The first-order valence-electron chi connectivity index (χ1n) is 6.32. The molecule has 1 saturated carbocycles. The third kappa shape index (κ3) is 5.79. The SMILES string of the molecule is CCCNC1CCCC(SCCCO)C1. The monoisotopic (exact) mass is 231 g/mol. The fourth-order valence-electron chi connectivity index (χ4n) is 2.14. The zero-order chi connectivity index (χ0) is 10.9. The van der Waals surface area contributed by atoms with E-state index in [0.717, 1.165) is 23.5 Å². The Balaban J connectivity index is 2.11. The normalized spacial score (nSPS) is 26.8. The highest BCUT2D eigenvalue weighted by atomic mass is 32.2. The highest BCUT2D eigenvalue weighted by Gasteiger charge is 2.21. The Bertz CT molecular complexity index is 155. The summed E-state index contributed by atoms with van der Waals surface area (Å²) in [7, 11) is 0. The molecule has 1 rings (SSSR count). The van der Waals surface area contributed by atoms with Crippen molar-refractivity contribution in [3.05, 3.63) is 0 Å². The molecule has 1 aliphatic carbocycles. The lowest BCUT2D eigenvalue weighted by atomic mass is 9.95. The summed E-state index contributed by atoms with van der Waals surface area (Å²) in [5.41, 5.74) is 0. The molecule has 1 fully saturated rings. The molecule has 0 heterocycles. The van der Waals surface area contributed by atoms with Crippen LogP contribution in [0.1, 0.15) is 45.4 Å². The highest BCUT2D eigenvalue weighted by Crippen LogP contribution is 2.28. The van der Waals surface area contributed by atoms with Gasteiger partial charge in [0.25, 0.3) is 0 Å². The molecule has 0 spiro atoms. The molecule has 2 atom stereocenters. The molecule has 2 nitrogen and oxygen atoms in total. The van der Waals surface area contributed by atoms with Crippen molar-refractivity contribution in [3.8, 4) is 0 Å². The Kier molecular flexibility index (Phi) is 7.49. The van der Waals surface area contributed by atoms with Gasteiger partial charge in [0.2, 0.25) is 0 Å². The van der Waals surface area contributed by atoms with Gasteiger partial charge in [-0.05, 0) is 44.4 Å². The molecule has 3 heteroatoms. The van der Waals surface area contributed by atoms with Gasteiger partial charge in [0.15, 0.2) is 0 Å². The van der Waals surface area contributed by atoms with Gasteiger partial charge in [0.05, 0.1) is 0 Å². The molecule has 0 radical (unpaired) electrons. The number of hydrogen-bond acceptors (Lipinski definition) is 3. The first-order valence-corrected chi connectivity index (χ1v) is 7.37. The minimum atomic E-state index is 0.344. The molecule has 2 N–H and O–H groups in total. The van der Waals surface area contributed by atoms with Crippen molar-refractivity contribution in [2.45, 2.75) is 56.7 Å². The maximum atomic E-state index is 8.74. The summed E-state index contributed by atoms with van der Waals surface area (Å²) >= 11 is 2.06. The van der Waals surface area contributed by atoms with Crippen molar-refractivity contribution < 1.29 is 5.11 Å². The van der Waals surface area contributed by atoms with Crippen molar-refractivity contribution in [2.75, 3.05) is 18.9 Å². The van der Waals surface area contributed by atoms with Crippen LogP contribution in [-0.4, -0.2) is 35.3 Å². The van der Waals surface area contributed by atoms with Crippen LogP contribution in [0.3, 0.4) is 0 Å². The van der Waals surface area contributed by atoms with E-state index in [4.69, 9.17) is 5.11 Å². The summed E-state index contributed by atoms with van der Waals surface area (Å²) in [6, 6.07) is 0.755. The summed E-state index contributed by atoms with van der Waals surface area (Å²) in [5.74, 6) is 1.13. The van der Waals surface area contributed by atoms with Gasteiger partial charge in [-0.1, -0.05) is 13.3 Å². The molecular weight excluding hydrogens is 206 g/mol. The Morgan fingerprint density at radius 2 is 2.27 bits per heavy atom. The van der Waals surface area contributed by atoms with E-state index in [1.807, 2.05) is 0 Å². The maximum Gasteiger partial charge on any atom is 0.0438 e. The van der Waals surface area contributed by atoms with Crippen molar-refractivity contribution in [1.29, 1.82) is 0 Å². The van der Waals surface area contributed by atoms with Crippen LogP contribution in [0.4, 0.5) is 0 Å². The maximum absolute atomic E-state index is 8.74. The average Bonchev–Trinajstić information content (AvgIpc) is 2.27. The molecule has 0 aliphatic heterocycles. The number of aliphatic hydroxyl groups excluding tert-OH is 1. The topological polar surface area (TPSA) is 32.3 Å². The van der Waals surface area contributed by atoms with Gasteiger partial charge in [-0.15, -0.1) is 0 Å². The zero-order valence-corrected chi connectivity index (χ0v) is 10.7. The molecule has 15 heavy (non-hydrogen) atoms. The van der Waals surface area contributed by atoms with Crippen LogP contribution in [0.5, 0.6) is 0 Å². The second-order valence-corrected chi connectivity index (χ2v) is 5.80. The van der Waals surface area contributed by atoms with E-state index >= 15 is 0 Å². The number of rotatable bonds is 7. The summed E-state index contributed by atoms with van der Waals surface area (Å²) in [6.45, 7) is 3.74. The van der Waals surface area contributed by atoms with Crippen LogP contribution < -0.4 is 5.32 Å². The van der Waals surface area contributed by atoms with E-state index < -0.39 is 0 Å². The Hall–Kier alpha value is 0.270. The largest absolute Gasteiger partial charge is 0.396 e. The van der Waals surface area contributed by atoms with Crippen molar-refractivity contribution in [3.63, 3.8) is 0 Å². The molecule has 0 amide bonds. The number of hydrogen-bond donors (Lipinski definition) is 2. The van der Waals surface area contributed by atoms with E-state index in [1.54, 1.807) is 0 Å². The van der Waals surface area contributed by atoms with Crippen LogP contribution in [0.25, 0.3) is 0 Å². The lowest BCUT2D eigenvalue weighted by molar-refractivity contribution is 0.296. The fraction of sp³-hybridized carbons (Fsp3) is 1.00. The Morgan fingerprint density at radius 3 is 3.00 bits per heavy atom. The molecule has 1 aliphatic rings. The first kappa shape index (κ1) is 13.3. The number of thioether (sulfide) groups is 1. The summed E-state index contributed by atoms with van der Waals surface area (Å²) in [4.78, 5) is 0.